The van der Waals surface area contributed by atoms with Gasteiger partial charge in [-0.05, 0) is 54.7 Å². The molecule has 1 aliphatic carbocycles. The van der Waals surface area contributed by atoms with Crippen LogP contribution in [0.3, 0.4) is 0 Å². The van der Waals surface area contributed by atoms with E-state index in [0.29, 0.717) is 42.6 Å². The van der Waals surface area contributed by atoms with Crippen LogP contribution in [0.15, 0.2) is 18.2 Å². The van der Waals surface area contributed by atoms with E-state index in [1.54, 1.807) is 19.1 Å². The van der Waals surface area contributed by atoms with E-state index in [2.05, 4.69) is 15.4 Å². The molecule has 2 aromatic rings. The van der Waals surface area contributed by atoms with Gasteiger partial charge in [0.05, 0.1) is 19.3 Å². The van der Waals surface area contributed by atoms with E-state index in [0.717, 1.165) is 12.8 Å². The molecule has 1 saturated carbocycles. The number of benzene rings is 1. The molecule has 0 bridgehead atoms. The first kappa shape index (κ1) is 16.1. The summed E-state index contributed by atoms with van der Waals surface area (Å²) in [5, 5.41) is 12.2. The number of carbonyl (C=O) groups excluding carboxylic acids is 1. The molecule has 2 fully saturated rings. The summed E-state index contributed by atoms with van der Waals surface area (Å²) in [6, 6.07) is 4.83. The van der Waals surface area contributed by atoms with Gasteiger partial charge in [-0.1, -0.05) is 0 Å². The third-order valence-electron chi connectivity index (χ3n) is 4.80. The SMILES string of the molecule is Cc1cc(-c2nnn(CC(=O)N3CCOCC3C3CC3)n2)ccc1F. The van der Waals surface area contributed by atoms with Crippen molar-refractivity contribution >= 4 is 5.91 Å². The normalized spacial score (nSPS) is 20.7. The van der Waals surface area contributed by atoms with Crippen LogP contribution in [-0.2, 0) is 16.1 Å². The van der Waals surface area contributed by atoms with Crippen LogP contribution in [0.25, 0.3) is 11.4 Å². The van der Waals surface area contributed by atoms with Crippen LogP contribution in [0.4, 0.5) is 4.39 Å². The van der Waals surface area contributed by atoms with Crippen LogP contribution in [0, 0.1) is 18.7 Å². The van der Waals surface area contributed by atoms with Gasteiger partial charge in [-0.2, -0.15) is 4.80 Å². The van der Waals surface area contributed by atoms with Crippen molar-refractivity contribution in [1.82, 2.24) is 25.1 Å². The summed E-state index contributed by atoms with van der Waals surface area (Å²) >= 11 is 0. The highest BCUT2D eigenvalue weighted by Crippen LogP contribution is 2.36. The van der Waals surface area contributed by atoms with Gasteiger partial charge in [0.25, 0.3) is 0 Å². The monoisotopic (exact) mass is 345 g/mol. The van der Waals surface area contributed by atoms with Crippen LogP contribution in [0.1, 0.15) is 18.4 Å². The highest BCUT2D eigenvalue weighted by Gasteiger charge is 2.39. The van der Waals surface area contributed by atoms with E-state index in [1.807, 2.05) is 4.90 Å². The molecule has 8 heteroatoms. The number of hydrogen-bond acceptors (Lipinski definition) is 5. The second-order valence-corrected chi connectivity index (χ2v) is 6.67. The Morgan fingerprint density at radius 1 is 1.40 bits per heavy atom. The molecule has 1 unspecified atom stereocenters. The Hall–Kier alpha value is -2.35. The zero-order chi connectivity index (χ0) is 17.4. The average molecular weight is 345 g/mol. The van der Waals surface area contributed by atoms with Crippen molar-refractivity contribution in [3.8, 4) is 11.4 Å². The van der Waals surface area contributed by atoms with Gasteiger partial charge in [0.15, 0.2) is 0 Å². The molecule has 2 heterocycles. The summed E-state index contributed by atoms with van der Waals surface area (Å²) in [6.07, 6.45) is 2.32. The number of aryl methyl sites for hydroxylation is 1. The molecule has 1 saturated heterocycles. The lowest BCUT2D eigenvalue weighted by molar-refractivity contribution is -0.141. The summed E-state index contributed by atoms with van der Waals surface area (Å²) < 4.78 is 18.9. The first-order valence-corrected chi connectivity index (χ1v) is 8.53. The van der Waals surface area contributed by atoms with E-state index >= 15 is 0 Å². The van der Waals surface area contributed by atoms with Gasteiger partial charge in [-0.3, -0.25) is 4.79 Å². The Morgan fingerprint density at radius 2 is 2.24 bits per heavy atom. The Bertz CT molecular complexity index is 789. The minimum absolute atomic E-state index is 0.0144. The first-order valence-electron chi connectivity index (χ1n) is 8.53. The number of rotatable bonds is 4. The van der Waals surface area contributed by atoms with Crippen molar-refractivity contribution in [1.29, 1.82) is 0 Å². The second kappa shape index (κ2) is 6.51. The van der Waals surface area contributed by atoms with Crippen molar-refractivity contribution in [3.05, 3.63) is 29.6 Å². The number of morpholine rings is 1. The molecule has 1 aromatic carbocycles. The molecule has 1 atom stereocenters. The van der Waals surface area contributed by atoms with Crippen molar-refractivity contribution in [3.63, 3.8) is 0 Å². The number of tetrazole rings is 1. The first-order chi connectivity index (χ1) is 12.1. The molecule has 1 aliphatic heterocycles. The summed E-state index contributed by atoms with van der Waals surface area (Å²) in [5.41, 5.74) is 1.20. The Morgan fingerprint density at radius 3 is 3.00 bits per heavy atom. The molecular formula is C17H20FN5O2. The molecule has 1 amide bonds. The van der Waals surface area contributed by atoms with Gasteiger partial charge in [-0.25, -0.2) is 4.39 Å². The van der Waals surface area contributed by atoms with Crippen LogP contribution in [0.2, 0.25) is 0 Å². The molecule has 7 nitrogen and oxygen atoms in total. The maximum absolute atomic E-state index is 13.4. The van der Waals surface area contributed by atoms with Gasteiger partial charge in [0.2, 0.25) is 11.7 Å². The lowest BCUT2D eigenvalue weighted by Crippen LogP contribution is -2.51. The topological polar surface area (TPSA) is 73.1 Å². The zero-order valence-electron chi connectivity index (χ0n) is 14.1. The molecule has 0 N–H and O–H groups in total. The average Bonchev–Trinajstić information content (AvgIpc) is 3.37. The summed E-state index contributed by atoms with van der Waals surface area (Å²) in [6.45, 7) is 3.53. The van der Waals surface area contributed by atoms with E-state index in [4.69, 9.17) is 4.74 Å². The Balaban J connectivity index is 1.46. The van der Waals surface area contributed by atoms with Gasteiger partial charge < -0.3 is 9.64 Å². The number of halogens is 1. The van der Waals surface area contributed by atoms with E-state index < -0.39 is 0 Å². The number of ether oxygens (including phenoxy) is 1. The number of aromatic nitrogens is 4. The fraction of sp³-hybridized carbons (Fsp3) is 0.529. The molecule has 0 radical (unpaired) electrons. The number of hydrogen-bond donors (Lipinski definition) is 0. The smallest absolute Gasteiger partial charge is 0.246 e. The van der Waals surface area contributed by atoms with Crippen LogP contribution < -0.4 is 0 Å². The van der Waals surface area contributed by atoms with Crippen molar-refractivity contribution in [2.75, 3.05) is 19.8 Å². The predicted molar refractivity (Wildman–Crippen MR) is 87.0 cm³/mol. The highest BCUT2D eigenvalue weighted by molar-refractivity contribution is 5.76. The zero-order valence-corrected chi connectivity index (χ0v) is 14.1. The van der Waals surface area contributed by atoms with Gasteiger partial charge in [-0.15, -0.1) is 10.2 Å². The fourth-order valence-corrected chi connectivity index (χ4v) is 3.23. The lowest BCUT2D eigenvalue weighted by Gasteiger charge is -2.35. The third-order valence-corrected chi connectivity index (χ3v) is 4.80. The summed E-state index contributed by atoms with van der Waals surface area (Å²) in [5.74, 6) is 0.659. The maximum atomic E-state index is 13.4. The van der Waals surface area contributed by atoms with Crippen molar-refractivity contribution in [2.24, 2.45) is 5.92 Å². The van der Waals surface area contributed by atoms with Crippen molar-refractivity contribution < 1.29 is 13.9 Å². The Kier molecular flexibility index (Phi) is 4.20. The summed E-state index contributed by atoms with van der Waals surface area (Å²) in [7, 11) is 0. The van der Waals surface area contributed by atoms with Gasteiger partial charge >= 0.3 is 0 Å². The van der Waals surface area contributed by atoms with E-state index in [9.17, 15) is 9.18 Å². The molecule has 2 aliphatic rings. The van der Waals surface area contributed by atoms with E-state index in [-0.39, 0.29) is 24.3 Å². The van der Waals surface area contributed by atoms with Crippen LogP contribution >= 0.6 is 0 Å². The second-order valence-electron chi connectivity index (χ2n) is 6.67. The van der Waals surface area contributed by atoms with Gasteiger partial charge in [0, 0.05) is 12.1 Å². The summed E-state index contributed by atoms with van der Waals surface area (Å²) in [4.78, 5) is 15.8. The van der Waals surface area contributed by atoms with Crippen LogP contribution in [0.5, 0.6) is 0 Å². The quantitative estimate of drug-likeness (QED) is 0.838. The highest BCUT2D eigenvalue weighted by atomic mass is 19.1. The third kappa shape index (κ3) is 3.39. The molecule has 4 rings (SSSR count). The van der Waals surface area contributed by atoms with Gasteiger partial charge in [0.1, 0.15) is 12.4 Å². The predicted octanol–water partition coefficient (Wildman–Crippen LogP) is 1.43. The Labute approximate surface area is 144 Å². The standard InChI is InChI=1S/C17H20FN5O2/c1-11-8-13(4-5-14(11)18)17-19-21-23(20-17)9-16(24)22-6-7-25-10-15(22)12-2-3-12/h4-5,8,12,15H,2-3,6-7,9-10H2,1H3. The lowest BCUT2D eigenvalue weighted by atomic mass is 10.1. The molecule has 0 spiro atoms. The van der Waals surface area contributed by atoms with E-state index in [1.165, 1.54) is 10.9 Å². The molecule has 132 valence electrons. The minimum atomic E-state index is -0.273. The molecular weight excluding hydrogens is 325 g/mol. The maximum Gasteiger partial charge on any atom is 0.246 e. The number of carbonyl (C=O) groups is 1. The number of amides is 1. The number of nitrogens with zero attached hydrogens (tertiary/aromatic N) is 5. The largest absolute Gasteiger partial charge is 0.377 e. The van der Waals surface area contributed by atoms with Crippen molar-refractivity contribution in [2.45, 2.75) is 32.4 Å². The molecule has 1 aromatic heterocycles. The molecule has 25 heavy (non-hydrogen) atoms. The fourth-order valence-electron chi connectivity index (χ4n) is 3.23. The van der Waals surface area contributed by atoms with Crippen LogP contribution in [-0.4, -0.2) is 56.8 Å². The minimum Gasteiger partial charge on any atom is -0.377 e.